The number of rotatable bonds is 8. The largest absolute Gasteiger partial charge is 0.493 e. The summed E-state index contributed by atoms with van der Waals surface area (Å²) >= 11 is 7.02. The second-order valence-corrected chi connectivity index (χ2v) is 8.36. The molecule has 0 spiro atoms. The number of H-pyrrole nitrogens is 1. The van der Waals surface area contributed by atoms with E-state index in [2.05, 4.69) is 52.6 Å². The molecule has 1 N–H and O–H groups in total. The van der Waals surface area contributed by atoms with Crippen molar-refractivity contribution >= 4 is 29.8 Å². The molecule has 158 valence electrons. The summed E-state index contributed by atoms with van der Waals surface area (Å²) in [5, 5.41) is 13.7. The number of hydrogen-bond acceptors (Lipinski definition) is 6. The number of aromatic amines is 1. The fourth-order valence-electron chi connectivity index (χ4n) is 2.98. The van der Waals surface area contributed by atoms with Gasteiger partial charge in [-0.05, 0) is 59.9 Å². The maximum Gasteiger partial charge on any atom is 0.216 e. The lowest BCUT2D eigenvalue weighted by Crippen LogP contribution is -2.01. The molecule has 0 atom stereocenters. The standard InChI is InChI=1S/C23H22N4O2S2/c1-16-5-7-17(8-6-16)15-29-21-12-18(9-10-20(21)28-2)14-24-27-22(25-26-23(27)30)13-19-4-3-11-31-19/h3-12,14H,13,15H2,1-2H3,(H,26,30)/b24-14-. The minimum Gasteiger partial charge on any atom is -0.493 e. The van der Waals surface area contributed by atoms with E-state index in [9.17, 15) is 0 Å². The number of benzene rings is 2. The monoisotopic (exact) mass is 450 g/mol. The third kappa shape index (κ3) is 5.28. The Morgan fingerprint density at radius 1 is 1.16 bits per heavy atom. The van der Waals surface area contributed by atoms with Crippen molar-refractivity contribution < 1.29 is 9.47 Å². The first-order valence-corrected chi connectivity index (χ1v) is 11.0. The van der Waals surface area contributed by atoms with Gasteiger partial charge in [0.1, 0.15) is 6.61 Å². The van der Waals surface area contributed by atoms with Crippen LogP contribution in [0.1, 0.15) is 27.4 Å². The van der Waals surface area contributed by atoms with E-state index in [0.29, 0.717) is 29.3 Å². The maximum atomic E-state index is 6.02. The van der Waals surface area contributed by atoms with Gasteiger partial charge in [-0.2, -0.15) is 14.9 Å². The van der Waals surface area contributed by atoms with Crippen molar-refractivity contribution in [2.75, 3.05) is 7.11 Å². The molecule has 4 aromatic rings. The highest BCUT2D eigenvalue weighted by atomic mass is 32.1. The van der Waals surface area contributed by atoms with Gasteiger partial charge in [0.25, 0.3) is 0 Å². The summed E-state index contributed by atoms with van der Waals surface area (Å²) in [6.07, 6.45) is 2.40. The molecule has 4 rings (SSSR count). The van der Waals surface area contributed by atoms with Crippen LogP contribution >= 0.6 is 23.6 Å². The highest BCUT2D eigenvalue weighted by Crippen LogP contribution is 2.28. The van der Waals surface area contributed by atoms with Crippen molar-refractivity contribution in [1.82, 2.24) is 14.9 Å². The molecule has 0 unspecified atom stereocenters. The van der Waals surface area contributed by atoms with Gasteiger partial charge in [0.05, 0.1) is 13.3 Å². The summed E-state index contributed by atoms with van der Waals surface area (Å²) in [5.41, 5.74) is 3.18. The zero-order valence-electron chi connectivity index (χ0n) is 17.2. The van der Waals surface area contributed by atoms with Crippen LogP contribution in [0.5, 0.6) is 11.5 Å². The van der Waals surface area contributed by atoms with Crippen LogP contribution in [0.2, 0.25) is 0 Å². The molecular formula is C23H22N4O2S2. The van der Waals surface area contributed by atoms with Gasteiger partial charge in [0, 0.05) is 11.3 Å². The molecule has 2 aromatic heterocycles. The predicted octanol–water partition coefficient (Wildman–Crippen LogP) is 5.37. The molecule has 0 saturated heterocycles. The van der Waals surface area contributed by atoms with Gasteiger partial charge < -0.3 is 9.47 Å². The quantitative estimate of drug-likeness (QED) is 0.289. The first-order valence-electron chi connectivity index (χ1n) is 9.72. The molecule has 8 heteroatoms. The molecule has 2 aromatic carbocycles. The summed E-state index contributed by atoms with van der Waals surface area (Å²) < 4.78 is 13.6. The lowest BCUT2D eigenvalue weighted by molar-refractivity contribution is 0.284. The Balaban J connectivity index is 1.53. The Hall–Kier alpha value is -3.23. The van der Waals surface area contributed by atoms with E-state index < -0.39 is 0 Å². The topological polar surface area (TPSA) is 64.4 Å². The lowest BCUT2D eigenvalue weighted by atomic mass is 10.1. The fraction of sp³-hybridized carbons (Fsp3) is 0.174. The Morgan fingerprint density at radius 3 is 2.74 bits per heavy atom. The first-order chi connectivity index (χ1) is 15.1. The van der Waals surface area contributed by atoms with Crippen LogP contribution < -0.4 is 9.47 Å². The van der Waals surface area contributed by atoms with Crippen LogP contribution in [-0.4, -0.2) is 28.2 Å². The molecule has 6 nitrogen and oxygen atoms in total. The Kier molecular flexibility index (Phi) is 6.59. The Morgan fingerprint density at radius 2 is 2.00 bits per heavy atom. The minimum absolute atomic E-state index is 0.451. The van der Waals surface area contributed by atoms with E-state index in [1.54, 1.807) is 29.3 Å². The smallest absolute Gasteiger partial charge is 0.216 e. The van der Waals surface area contributed by atoms with Crippen molar-refractivity contribution in [2.45, 2.75) is 20.0 Å². The maximum absolute atomic E-state index is 6.02. The Bertz CT molecular complexity index is 1230. The molecule has 0 aliphatic heterocycles. The Labute approximate surface area is 189 Å². The van der Waals surface area contributed by atoms with E-state index in [4.69, 9.17) is 21.7 Å². The SMILES string of the molecule is COc1ccc(/C=N\n2c(Cc3cccs3)n[nH]c2=S)cc1OCc1ccc(C)cc1. The number of aryl methyl sites for hydroxylation is 1. The van der Waals surface area contributed by atoms with Crippen LogP contribution in [0.3, 0.4) is 0 Å². The van der Waals surface area contributed by atoms with Crippen molar-refractivity contribution in [3.8, 4) is 11.5 Å². The number of ether oxygens (including phenoxy) is 2. The highest BCUT2D eigenvalue weighted by molar-refractivity contribution is 7.71. The molecule has 0 amide bonds. The van der Waals surface area contributed by atoms with Gasteiger partial charge in [0.2, 0.25) is 4.77 Å². The highest BCUT2D eigenvalue weighted by Gasteiger charge is 2.09. The van der Waals surface area contributed by atoms with Gasteiger partial charge in [0.15, 0.2) is 17.3 Å². The molecule has 0 saturated carbocycles. The summed E-state index contributed by atoms with van der Waals surface area (Å²) in [7, 11) is 1.63. The van der Waals surface area contributed by atoms with Gasteiger partial charge >= 0.3 is 0 Å². The van der Waals surface area contributed by atoms with Crippen LogP contribution in [0, 0.1) is 11.7 Å². The van der Waals surface area contributed by atoms with Crippen molar-refractivity contribution in [3.05, 3.63) is 92.1 Å². The van der Waals surface area contributed by atoms with Gasteiger partial charge in [-0.3, -0.25) is 5.10 Å². The fourth-order valence-corrected chi connectivity index (χ4v) is 3.88. The van der Waals surface area contributed by atoms with Crippen molar-refractivity contribution in [1.29, 1.82) is 0 Å². The molecule has 0 radical (unpaired) electrons. The summed E-state index contributed by atoms with van der Waals surface area (Å²) in [4.78, 5) is 1.20. The number of methoxy groups -OCH3 is 1. The van der Waals surface area contributed by atoms with Crippen LogP contribution in [0.4, 0.5) is 0 Å². The molecule has 0 aliphatic carbocycles. The van der Waals surface area contributed by atoms with Gasteiger partial charge in [-0.15, -0.1) is 11.3 Å². The number of aromatic nitrogens is 3. The molecule has 2 heterocycles. The van der Waals surface area contributed by atoms with Crippen molar-refractivity contribution in [2.24, 2.45) is 5.10 Å². The lowest BCUT2D eigenvalue weighted by Gasteiger charge is -2.11. The third-order valence-corrected chi connectivity index (χ3v) is 5.80. The van der Waals surface area contributed by atoms with Crippen LogP contribution in [-0.2, 0) is 13.0 Å². The number of hydrogen-bond donors (Lipinski definition) is 1. The zero-order valence-corrected chi connectivity index (χ0v) is 18.9. The van der Waals surface area contributed by atoms with E-state index >= 15 is 0 Å². The predicted molar refractivity (Wildman–Crippen MR) is 126 cm³/mol. The number of nitrogens with zero attached hydrogens (tertiary/aromatic N) is 3. The minimum atomic E-state index is 0.451. The number of nitrogens with one attached hydrogen (secondary N) is 1. The first kappa shape index (κ1) is 21.0. The molecule has 0 fully saturated rings. The van der Waals surface area contributed by atoms with Crippen LogP contribution in [0.15, 0.2) is 65.1 Å². The normalized spacial score (nSPS) is 11.2. The zero-order chi connectivity index (χ0) is 21.6. The van der Waals surface area contributed by atoms with E-state index in [1.165, 1.54) is 10.4 Å². The summed E-state index contributed by atoms with van der Waals surface area (Å²) in [6.45, 7) is 2.52. The average molecular weight is 451 g/mol. The summed E-state index contributed by atoms with van der Waals surface area (Å²) in [6, 6.07) is 18.0. The summed E-state index contributed by atoms with van der Waals surface area (Å²) in [5.74, 6) is 2.08. The molecular weight excluding hydrogens is 428 g/mol. The van der Waals surface area contributed by atoms with E-state index in [0.717, 1.165) is 17.0 Å². The number of thiophene rings is 1. The molecule has 0 aliphatic rings. The molecule has 31 heavy (non-hydrogen) atoms. The molecule has 0 bridgehead atoms. The second-order valence-electron chi connectivity index (χ2n) is 6.94. The van der Waals surface area contributed by atoms with Crippen LogP contribution in [0.25, 0.3) is 0 Å². The van der Waals surface area contributed by atoms with Gasteiger partial charge in [-0.25, -0.2) is 0 Å². The average Bonchev–Trinajstić information content (AvgIpc) is 3.42. The third-order valence-electron chi connectivity index (χ3n) is 4.65. The van der Waals surface area contributed by atoms with Gasteiger partial charge in [-0.1, -0.05) is 35.9 Å². The van der Waals surface area contributed by atoms with E-state index in [1.807, 2.05) is 29.6 Å². The van der Waals surface area contributed by atoms with E-state index in [-0.39, 0.29) is 0 Å². The second kappa shape index (κ2) is 9.72. The van der Waals surface area contributed by atoms with Crippen molar-refractivity contribution in [3.63, 3.8) is 0 Å².